The van der Waals surface area contributed by atoms with E-state index in [-0.39, 0.29) is 24.6 Å². The Morgan fingerprint density at radius 2 is 2.31 bits per heavy atom. The second-order valence-electron chi connectivity index (χ2n) is 3.16. The summed E-state index contributed by atoms with van der Waals surface area (Å²) in [6.45, 7) is -0.343. The quantitative estimate of drug-likeness (QED) is 0.794. The monoisotopic (exact) mass is 224 g/mol. The van der Waals surface area contributed by atoms with Gasteiger partial charge >= 0.3 is 5.97 Å². The lowest BCUT2D eigenvalue weighted by molar-refractivity contribution is -0.139. The second-order valence-corrected chi connectivity index (χ2v) is 3.16. The molecular weight excluding hydrogens is 211 g/mol. The molecule has 16 heavy (non-hydrogen) atoms. The van der Waals surface area contributed by atoms with Crippen LogP contribution in [0.5, 0.6) is 0 Å². The van der Waals surface area contributed by atoms with Gasteiger partial charge in [-0.05, 0) is 0 Å². The predicted molar refractivity (Wildman–Crippen MR) is 58.0 cm³/mol. The van der Waals surface area contributed by atoms with Gasteiger partial charge in [-0.25, -0.2) is 4.39 Å². The van der Waals surface area contributed by atoms with Crippen molar-refractivity contribution in [1.82, 2.24) is 0 Å². The Bertz CT molecular complexity index is 399. The average Bonchev–Trinajstić information content (AvgIpc) is 2.31. The van der Waals surface area contributed by atoms with E-state index in [2.05, 4.69) is 4.74 Å². The predicted octanol–water partition coefficient (Wildman–Crippen LogP) is 1.89. The first-order valence-electron chi connectivity index (χ1n) is 4.80. The number of hydrogen-bond donors (Lipinski definition) is 1. The SMILES string of the molecule is COC(=O)CC=Cc1cccc(CO)c1F. The van der Waals surface area contributed by atoms with Crippen LogP contribution in [-0.2, 0) is 16.1 Å². The van der Waals surface area contributed by atoms with Crippen LogP contribution < -0.4 is 0 Å². The van der Waals surface area contributed by atoms with E-state index in [1.807, 2.05) is 0 Å². The fourth-order valence-electron chi connectivity index (χ4n) is 1.22. The number of hydrogen-bond acceptors (Lipinski definition) is 3. The van der Waals surface area contributed by atoms with Crippen LogP contribution in [0.25, 0.3) is 6.08 Å². The van der Waals surface area contributed by atoms with Crippen molar-refractivity contribution >= 4 is 12.0 Å². The summed E-state index contributed by atoms with van der Waals surface area (Å²) in [7, 11) is 1.29. The number of halogens is 1. The molecule has 0 saturated heterocycles. The molecule has 1 rings (SSSR count). The molecule has 1 aromatic carbocycles. The minimum absolute atomic E-state index is 0.0965. The van der Waals surface area contributed by atoms with Gasteiger partial charge in [0.25, 0.3) is 0 Å². The van der Waals surface area contributed by atoms with Crippen molar-refractivity contribution in [2.75, 3.05) is 7.11 Å². The third kappa shape index (κ3) is 3.17. The van der Waals surface area contributed by atoms with Crippen molar-refractivity contribution in [3.05, 3.63) is 41.2 Å². The lowest BCUT2D eigenvalue weighted by Crippen LogP contribution is -1.97. The maximum atomic E-state index is 13.6. The number of benzene rings is 1. The Labute approximate surface area is 93.2 Å². The zero-order valence-electron chi connectivity index (χ0n) is 8.94. The second kappa shape index (κ2) is 6.02. The van der Waals surface area contributed by atoms with Crippen molar-refractivity contribution in [3.63, 3.8) is 0 Å². The number of aliphatic hydroxyl groups is 1. The van der Waals surface area contributed by atoms with Gasteiger partial charge < -0.3 is 9.84 Å². The highest BCUT2D eigenvalue weighted by Crippen LogP contribution is 2.14. The summed E-state index contributed by atoms with van der Waals surface area (Å²) in [5, 5.41) is 8.86. The summed E-state index contributed by atoms with van der Waals surface area (Å²) in [5.41, 5.74) is 0.579. The molecule has 0 radical (unpaired) electrons. The fourth-order valence-corrected chi connectivity index (χ4v) is 1.22. The molecule has 0 aromatic heterocycles. The van der Waals surface area contributed by atoms with Crippen LogP contribution in [0.15, 0.2) is 24.3 Å². The van der Waals surface area contributed by atoms with Crippen LogP contribution in [0.1, 0.15) is 17.5 Å². The molecule has 0 atom stereocenters. The average molecular weight is 224 g/mol. The highest BCUT2D eigenvalue weighted by Gasteiger charge is 2.04. The molecular formula is C12H13FO3. The summed E-state index contributed by atoms with van der Waals surface area (Å²) < 4.78 is 18.0. The van der Waals surface area contributed by atoms with E-state index >= 15 is 0 Å². The van der Waals surface area contributed by atoms with Crippen molar-refractivity contribution in [2.24, 2.45) is 0 Å². The molecule has 0 spiro atoms. The molecule has 4 heteroatoms. The molecule has 0 fully saturated rings. The van der Waals surface area contributed by atoms with E-state index in [0.717, 1.165) is 0 Å². The summed E-state index contributed by atoms with van der Waals surface area (Å²) in [4.78, 5) is 10.8. The number of carbonyl (C=O) groups excluding carboxylic acids is 1. The Balaban J connectivity index is 2.77. The molecule has 1 aromatic rings. The molecule has 3 nitrogen and oxygen atoms in total. The zero-order valence-corrected chi connectivity index (χ0v) is 8.94. The summed E-state index contributed by atoms with van der Waals surface area (Å²) >= 11 is 0. The summed E-state index contributed by atoms with van der Waals surface area (Å²) in [6, 6.07) is 4.72. The van der Waals surface area contributed by atoms with E-state index in [9.17, 15) is 9.18 Å². The van der Waals surface area contributed by atoms with Gasteiger partial charge in [0.1, 0.15) is 5.82 Å². The van der Waals surface area contributed by atoms with Crippen LogP contribution >= 0.6 is 0 Å². The zero-order chi connectivity index (χ0) is 12.0. The van der Waals surface area contributed by atoms with Crippen molar-refractivity contribution < 1.29 is 19.0 Å². The minimum Gasteiger partial charge on any atom is -0.469 e. The van der Waals surface area contributed by atoms with Gasteiger partial charge in [-0.1, -0.05) is 30.4 Å². The molecule has 0 amide bonds. The molecule has 86 valence electrons. The number of methoxy groups -OCH3 is 1. The highest BCUT2D eigenvalue weighted by atomic mass is 19.1. The topological polar surface area (TPSA) is 46.5 Å². The van der Waals surface area contributed by atoms with Crippen molar-refractivity contribution in [3.8, 4) is 0 Å². The largest absolute Gasteiger partial charge is 0.469 e. The van der Waals surface area contributed by atoms with Crippen LogP contribution in [0.4, 0.5) is 4.39 Å². The standard InChI is InChI=1S/C12H13FO3/c1-16-11(15)7-3-5-9-4-2-6-10(8-14)12(9)13/h2-6,14H,7-8H2,1H3. The first kappa shape index (κ1) is 12.4. The molecule has 0 aliphatic heterocycles. The fraction of sp³-hybridized carbons (Fsp3) is 0.250. The number of carbonyl (C=O) groups is 1. The smallest absolute Gasteiger partial charge is 0.309 e. The van der Waals surface area contributed by atoms with E-state index in [1.165, 1.54) is 25.3 Å². The Hall–Kier alpha value is -1.68. The Morgan fingerprint density at radius 3 is 2.94 bits per heavy atom. The van der Waals surface area contributed by atoms with Gasteiger partial charge in [-0.3, -0.25) is 4.79 Å². The molecule has 0 aliphatic carbocycles. The van der Waals surface area contributed by atoms with E-state index in [1.54, 1.807) is 12.1 Å². The van der Waals surface area contributed by atoms with Gasteiger partial charge in [-0.15, -0.1) is 0 Å². The van der Waals surface area contributed by atoms with Crippen LogP contribution in [0, 0.1) is 5.82 Å². The van der Waals surface area contributed by atoms with Gasteiger partial charge in [0.2, 0.25) is 0 Å². The van der Waals surface area contributed by atoms with E-state index in [0.29, 0.717) is 5.56 Å². The first-order chi connectivity index (χ1) is 7.69. The normalized spacial score (nSPS) is 10.7. The molecule has 0 heterocycles. The van der Waals surface area contributed by atoms with Crippen molar-refractivity contribution in [2.45, 2.75) is 13.0 Å². The highest BCUT2D eigenvalue weighted by molar-refractivity contribution is 5.72. The third-order valence-electron chi connectivity index (χ3n) is 2.09. The molecule has 1 N–H and O–H groups in total. The summed E-state index contributed by atoms with van der Waals surface area (Å²) in [6.07, 6.45) is 3.11. The minimum atomic E-state index is -0.467. The van der Waals surface area contributed by atoms with Gasteiger partial charge in [0.15, 0.2) is 0 Å². The third-order valence-corrected chi connectivity index (χ3v) is 2.09. The lowest BCUT2D eigenvalue weighted by atomic mass is 10.1. The molecule has 0 aliphatic rings. The summed E-state index contributed by atoms with van der Waals surface area (Å²) in [5.74, 6) is -0.846. The van der Waals surface area contributed by atoms with Gasteiger partial charge in [0, 0.05) is 11.1 Å². The van der Waals surface area contributed by atoms with E-state index < -0.39 is 5.82 Å². The van der Waals surface area contributed by atoms with Gasteiger partial charge in [0.05, 0.1) is 20.1 Å². The Morgan fingerprint density at radius 1 is 1.56 bits per heavy atom. The van der Waals surface area contributed by atoms with Crippen LogP contribution in [-0.4, -0.2) is 18.2 Å². The number of aliphatic hydroxyl groups excluding tert-OH is 1. The molecule has 0 bridgehead atoms. The first-order valence-corrected chi connectivity index (χ1v) is 4.80. The van der Waals surface area contributed by atoms with Crippen LogP contribution in [0.3, 0.4) is 0 Å². The number of ether oxygens (including phenoxy) is 1. The maximum Gasteiger partial charge on any atom is 0.309 e. The van der Waals surface area contributed by atoms with E-state index in [4.69, 9.17) is 5.11 Å². The maximum absolute atomic E-state index is 13.6. The lowest BCUT2D eigenvalue weighted by Gasteiger charge is -2.01. The molecule has 0 saturated carbocycles. The molecule has 0 unspecified atom stereocenters. The number of esters is 1. The van der Waals surface area contributed by atoms with Crippen LogP contribution in [0.2, 0.25) is 0 Å². The number of rotatable bonds is 4. The Kier molecular flexibility index (Phi) is 4.66. The van der Waals surface area contributed by atoms with Crippen molar-refractivity contribution in [1.29, 1.82) is 0 Å². The van der Waals surface area contributed by atoms with Gasteiger partial charge in [-0.2, -0.15) is 0 Å².